The number of esters is 1. The fourth-order valence-electron chi connectivity index (χ4n) is 1.17. The maximum atomic E-state index is 10.5. The Morgan fingerprint density at radius 2 is 0.931 bits per heavy atom. The molecule has 0 aliphatic carbocycles. The Balaban J connectivity index is -0.0000000438. The van der Waals surface area contributed by atoms with E-state index in [1.165, 1.54) is 20.2 Å². The molecule has 0 spiro atoms. The summed E-state index contributed by atoms with van der Waals surface area (Å²) in [6.45, 7) is 4.21. The molecule has 29 heavy (non-hydrogen) atoms. The van der Waals surface area contributed by atoms with E-state index in [0.29, 0.717) is 6.61 Å². The molecule has 6 heteroatoms. The van der Waals surface area contributed by atoms with Crippen LogP contribution in [0.3, 0.4) is 0 Å². The summed E-state index contributed by atoms with van der Waals surface area (Å²) in [5.74, 6) is -0.251. The fraction of sp³-hybridized carbons (Fsp3) is 0.261. The van der Waals surface area contributed by atoms with Crippen molar-refractivity contribution in [1.82, 2.24) is 0 Å². The van der Waals surface area contributed by atoms with E-state index in [-0.39, 0.29) is 57.9 Å². The zero-order valence-corrected chi connectivity index (χ0v) is 21.7. The Labute approximate surface area is 204 Å². The molecule has 2 rings (SSSR count). The molecule has 2 radical (unpaired) electrons. The average molecular weight is 478 g/mol. The molecule has 0 saturated carbocycles. The van der Waals surface area contributed by atoms with E-state index in [9.17, 15) is 4.79 Å². The predicted molar refractivity (Wildman–Crippen MR) is 122 cm³/mol. The Hall–Kier alpha value is -1.26. The van der Waals surface area contributed by atoms with Crippen LogP contribution < -0.4 is 11.5 Å². The molecule has 166 valence electrons. The Morgan fingerprint density at radius 1 is 0.690 bits per heavy atom. The zero-order chi connectivity index (χ0) is 19.6. The van der Waals surface area contributed by atoms with E-state index in [2.05, 4.69) is 16.2 Å². The molecule has 0 aliphatic rings. The van der Waals surface area contributed by atoms with Gasteiger partial charge in [0.25, 0.3) is 0 Å². The molecule has 0 amide bonds. The number of hydrogen-bond donors (Lipinski definition) is 2. The second-order valence-electron chi connectivity index (χ2n) is 3.87. The standard InChI is InChI=1S/C7H12O2.2C6H6.2CH5N.2CH3.2V/c1-3-5-6-7(8)9-4-2;2*1-2-4-6-5-3-1;2*1-2;;;;/h5-6H,3-4H2,1-2H3;2*1-6H;2*2H2,1H3;2*1H3;;/q;;;;;2*-1;;. The molecule has 0 aliphatic heterocycles. The summed E-state index contributed by atoms with van der Waals surface area (Å²) in [6.07, 6.45) is 4.10. The summed E-state index contributed by atoms with van der Waals surface area (Å²) in [7, 11) is 3.00. The smallest absolute Gasteiger partial charge is 0.330 e. The molecular formula is C23H40N2O2V2-2. The van der Waals surface area contributed by atoms with Crippen LogP contribution >= 0.6 is 0 Å². The van der Waals surface area contributed by atoms with Gasteiger partial charge in [-0.2, -0.15) is 0 Å². The van der Waals surface area contributed by atoms with Crippen molar-refractivity contribution in [2.75, 3.05) is 20.7 Å². The van der Waals surface area contributed by atoms with E-state index < -0.39 is 0 Å². The zero-order valence-electron chi connectivity index (χ0n) is 18.9. The van der Waals surface area contributed by atoms with Gasteiger partial charge in [-0.05, 0) is 27.4 Å². The van der Waals surface area contributed by atoms with Crippen LogP contribution in [0.4, 0.5) is 0 Å². The van der Waals surface area contributed by atoms with E-state index in [4.69, 9.17) is 0 Å². The number of rotatable bonds is 3. The van der Waals surface area contributed by atoms with Crippen LogP contribution in [0.15, 0.2) is 84.9 Å². The number of benzene rings is 2. The first-order valence-electron chi connectivity index (χ1n) is 8.30. The number of carbonyl (C=O) groups excluding carboxylic acids is 1. The minimum Gasteiger partial charge on any atom is -0.463 e. The van der Waals surface area contributed by atoms with Gasteiger partial charge in [-0.15, -0.1) is 0 Å². The molecule has 4 N–H and O–H groups in total. The summed E-state index contributed by atoms with van der Waals surface area (Å²) >= 11 is 0. The molecule has 2 aromatic rings. The number of nitrogens with two attached hydrogens (primary N) is 2. The molecule has 0 fully saturated rings. The molecule has 0 atom stereocenters. The maximum absolute atomic E-state index is 10.5. The van der Waals surface area contributed by atoms with E-state index >= 15 is 0 Å². The van der Waals surface area contributed by atoms with Gasteiger partial charge in [0.15, 0.2) is 0 Å². The van der Waals surface area contributed by atoms with Gasteiger partial charge in [0.2, 0.25) is 0 Å². The van der Waals surface area contributed by atoms with Gasteiger partial charge in [0.05, 0.1) is 6.61 Å². The fourth-order valence-corrected chi connectivity index (χ4v) is 1.17. The number of hydrogen-bond acceptors (Lipinski definition) is 4. The Morgan fingerprint density at radius 3 is 1.10 bits per heavy atom. The molecule has 2 aromatic carbocycles. The second-order valence-corrected chi connectivity index (χ2v) is 3.87. The van der Waals surface area contributed by atoms with Crippen LogP contribution in [0, 0.1) is 14.9 Å². The van der Waals surface area contributed by atoms with E-state index in [1.807, 2.05) is 79.7 Å². The van der Waals surface area contributed by atoms with Gasteiger partial charge in [-0.3, -0.25) is 0 Å². The third-order valence-corrected chi connectivity index (χ3v) is 2.11. The van der Waals surface area contributed by atoms with Crippen LogP contribution in [-0.4, -0.2) is 26.7 Å². The first kappa shape index (κ1) is 46.1. The van der Waals surface area contributed by atoms with Crippen LogP contribution in [0.1, 0.15) is 20.3 Å². The Kier molecular flexibility index (Phi) is 80.2. The van der Waals surface area contributed by atoms with Crippen LogP contribution in [0.5, 0.6) is 0 Å². The number of allylic oxidation sites excluding steroid dienone is 1. The minimum absolute atomic E-state index is 0. The average Bonchev–Trinajstić information content (AvgIpc) is 2.73. The second kappa shape index (κ2) is 50.4. The summed E-state index contributed by atoms with van der Waals surface area (Å²) < 4.78 is 4.62. The van der Waals surface area contributed by atoms with E-state index in [0.717, 1.165) is 6.42 Å². The molecule has 0 aromatic heterocycles. The van der Waals surface area contributed by atoms with Gasteiger partial charge in [0, 0.05) is 43.2 Å². The maximum Gasteiger partial charge on any atom is 0.330 e. The van der Waals surface area contributed by atoms with Gasteiger partial charge in [-0.1, -0.05) is 85.8 Å². The van der Waals surface area contributed by atoms with Crippen molar-refractivity contribution in [2.45, 2.75) is 20.3 Å². The molecule has 4 nitrogen and oxygen atoms in total. The first-order valence-corrected chi connectivity index (χ1v) is 8.30. The topological polar surface area (TPSA) is 78.3 Å². The van der Waals surface area contributed by atoms with Crippen molar-refractivity contribution < 1.29 is 46.6 Å². The monoisotopic (exact) mass is 478 g/mol. The molecular weight excluding hydrogens is 438 g/mol. The first-order chi connectivity index (χ1) is 12.3. The Bertz CT molecular complexity index is 386. The van der Waals surface area contributed by atoms with Crippen molar-refractivity contribution >= 4 is 5.97 Å². The summed E-state index contributed by atoms with van der Waals surface area (Å²) in [5, 5.41) is 0. The van der Waals surface area contributed by atoms with Crippen molar-refractivity contribution in [2.24, 2.45) is 11.5 Å². The van der Waals surface area contributed by atoms with Crippen molar-refractivity contribution in [1.29, 1.82) is 0 Å². The SMILES string of the molecule is CCC=CC(=O)OCC.CN.CN.[CH3-].[CH3-].[V].[V].c1ccccc1.c1ccccc1. The van der Waals surface area contributed by atoms with E-state index in [1.54, 1.807) is 13.0 Å². The third-order valence-electron chi connectivity index (χ3n) is 2.11. The minimum atomic E-state index is -0.251. The number of ether oxygens (including phenoxy) is 1. The van der Waals surface area contributed by atoms with Crippen molar-refractivity contribution in [3.05, 3.63) is 99.8 Å². The quantitative estimate of drug-likeness (QED) is 0.372. The summed E-state index contributed by atoms with van der Waals surface area (Å²) in [6, 6.07) is 24.0. The van der Waals surface area contributed by atoms with Crippen molar-refractivity contribution in [3.63, 3.8) is 0 Å². The van der Waals surface area contributed by atoms with Gasteiger partial charge >= 0.3 is 5.97 Å². The van der Waals surface area contributed by atoms with Crippen LogP contribution in [-0.2, 0) is 46.6 Å². The van der Waals surface area contributed by atoms with Crippen molar-refractivity contribution in [3.8, 4) is 0 Å². The molecule has 0 unspecified atom stereocenters. The third kappa shape index (κ3) is 52.0. The van der Waals surface area contributed by atoms with Crippen LogP contribution in [0.25, 0.3) is 0 Å². The van der Waals surface area contributed by atoms with Crippen LogP contribution in [0.2, 0.25) is 0 Å². The molecule has 0 saturated heterocycles. The normalized spacial score (nSPS) is 6.83. The van der Waals surface area contributed by atoms with Gasteiger partial charge in [0.1, 0.15) is 0 Å². The van der Waals surface area contributed by atoms with Gasteiger partial charge in [-0.25, -0.2) is 4.79 Å². The summed E-state index contributed by atoms with van der Waals surface area (Å²) in [5.41, 5.74) is 9.00. The summed E-state index contributed by atoms with van der Waals surface area (Å²) in [4.78, 5) is 10.5. The van der Waals surface area contributed by atoms with Gasteiger partial charge < -0.3 is 31.1 Å². The largest absolute Gasteiger partial charge is 0.463 e. The molecule has 0 bridgehead atoms. The molecule has 0 heterocycles. The number of carbonyl (C=O) groups is 1. The predicted octanol–water partition coefficient (Wildman–Crippen LogP) is 4.93.